The third-order valence-corrected chi connectivity index (χ3v) is 5.84. The molecule has 7 N–H and O–H groups in total. The number of nitrogens with one attached hydrogen (secondary N) is 3. The number of amides is 3. The number of hydrogen-bond donors (Lipinski definition) is 6. The van der Waals surface area contributed by atoms with Crippen LogP contribution in [-0.2, 0) is 32.0 Å². The van der Waals surface area contributed by atoms with Crippen molar-refractivity contribution >= 4 is 23.7 Å². The van der Waals surface area contributed by atoms with Crippen LogP contribution in [0.4, 0.5) is 0 Å². The third kappa shape index (κ3) is 9.32. The van der Waals surface area contributed by atoms with Gasteiger partial charge in [-0.3, -0.25) is 14.4 Å². The van der Waals surface area contributed by atoms with Crippen LogP contribution in [0.1, 0.15) is 31.9 Å². The Balaban J connectivity index is 2.17. The maximum Gasteiger partial charge on any atom is 0.326 e. The first-order chi connectivity index (χ1) is 17.5. The van der Waals surface area contributed by atoms with Gasteiger partial charge in [-0.15, -0.1) is 0 Å². The molecule has 0 aliphatic rings. The van der Waals surface area contributed by atoms with Gasteiger partial charge in [0, 0.05) is 6.42 Å². The first-order valence-electron chi connectivity index (χ1n) is 12.1. The van der Waals surface area contributed by atoms with Crippen LogP contribution in [0.3, 0.4) is 0 Å². The van der Waals surface area contributed by atoms with Crippen LogP contribution in [-0.4, -0.2) is 64.2 Å². The number of nitrogens with two attached hydrogens (primary N) is 1. The number of aliphatic carboxylic acids is 1. The van der Waals surface area contributed by atoms with E-state index in [2.05, 4.69) is 16.0 Å². The topological polar surface area (TPSA) is 171 Å². The number of carbonyl (C=O) groups is 4. The van der Waals surface area contributed by atoms with Gasteiger partial charge in [0.25, 0.3) is 0 Å². The molecule has 0 aromatic heterocycles. The fraction of sp³-hybridized carbons (Fsp3) is 0.407. The van der Waals surface area contributed by atoms with Gasteiger partial charge in [-0.1, -0.05) is 74.5 Å². The van der Waals surface area contributed by atoms with E-state index in [-0.39, 0.29) is 12.8 Å². The van der Waals surface area contributed by atoms with E-state index in [1.807, 2.05) is 30.3 Å². The van der Waals surface area contributed by atoms with Gasteiger partial charge in [-0.2, -0.15) is 0 Å². The zero-order chi connectivity index (χ0) is 27.5. The summed E-state index contributed by atoms with van der Waals surface area (Å²) >= 11 is 0. The number of aliphatic hydroxyl groups is 1. The van der Waals surface area contributed by atoms with Crippen LogP contribution in [0.5, 0.6) is 0 Å². The minimum absolute atomic E-state index is 0.0663. The lowest BCUT2D eigenvalue weighted by Crippen LogP contribution is -2.60. The Labute approximate surface area is 216 Å². The van der Waals surface area contributed by atoms with E-state index in [4.69, 9.17) is 5.73 Å². The van der Waals surface area contributed by atoms with E-state index in [9.17, 15) is 29.4 Å². The molecule has 0 spiro atoms. The molecule has 0 fully saturated rings. The Bertz CT molecular complexity index is 1050. The molecule has 2 aromatic rings. The fourth-order valence-electron chi connectivity index (χ4n) is 3.71. The molecule has 5 atom stereocenters. The average molecular weight is 513 g/mol. The lowest BCUT2D eigenvalue weighted by Gasteiger charge is -2.27. The predicted octanol–water partition coefficient (Wildman–Crippen LogP) is 0.375. The number of benzene rings is 2. The maximum absolute atomic E-state index is 13.1. The van der Waals surface area contributed by atoms with E-state index >= 15 is 0 Å². The Morgan fingerprint density at radius 2 is 1.22 bits per heavy atom. The van der Waals surface area contributed by atoms with Gasteiger partial charge in [0.1, 0.15) is 18.1 Å². The van der Waals surface area contributed by atoms with Crippen molar-refractivity contribution in [3.05, 3.63) is 71.8 Å². The summed E-state index contributed by atoms with van der Waals surface area (Å²) in [4.78, 5) is 50.5. The zero-order valence-electron chi connectivity index (χ0n) is 21.3. The summed E-state index contributed by atoms with van der Waals surface area (Å²) in [5, 5.41) is 27.2. The molecule has 2 rings (SSSR count). The Kier molecular flexibility index (Phi) is 11.2. The van der Waals surface area contributed by atoms with Crippen LogP contribution in [0.15, 0.2) is 60.7 Å². The van der Waals surface area contributed by atoms with Gasteiger partial charge in [-0.05, 0) is 30.4 Å². The highest BCUT2D eigenvalue weighted by Crippen LogP contribution is 2.08. The summed E-state index contributed by atoms with van der Waals surface area (Å²) in [6.45, 7) is 4.64. The first-order valence-corrected chi connectivity index (χ1v) is 12.1. The minimum Gasteiger partial charge on any atom is -0.480 e. The quantitative estimate of drug-likeness (QED) is 0.225. The molecule has 10 heteroatoms. The normalized spacial score (nSPS) is 15.1. The Morgan fingerprint density at radius 3 is 1.68 bits per heavy atom. The molecule has 200 valence electrons. The Morgan fingerprint density at radius 1 is 0.730 bits per heavy atom. The zero-order valence-corrected chi connectivity index (χ0v) is 21.3. The predicted molar refractivity (Wildman–Crippen MR) is 138 cm³/mol. The van der Waals surface area contributed by atoms with Crippen molar-refractivity contribution in [3.8, 4) is 0 Å². The lowest BCUT2D eigenvalue weighted by atomic mass is 10.0. The van der Waals surface area contributed by atoms with Gasteiger partial charge in [0.15, 0.2) is 0 Å². The number of rotatable bonds is 13. The summed E-state index contributed by atoms with van der Waals surface area (Å²) < 4.78 is 0. The van der Waals surface area contributed by atoms with Crippen molar-refractivity contribution in [2.24, 2.45) is 11.7 Å². The van der Waals surface area contributed by atoms with E-state index in [0.717, 1.165) is 11.1 Å². The molecule has 0 radical (unpaired) electrons. The molecule has 0 saturated heterocycles. The van der Waals surface area contributed by atoms with Crippen LogP contribution < -0.4 is 21.7 Å². The van der Waals surface area contributed by atoms with Crippen molar-refractivity contribution in [1.29, 1.82) is 0 Å². The second-order valence-electron chi connectivity index (χ2n) is 9.34. The second-order valence-corrected chi connectivity index (χ2v) is 9.34. The maximum atomic E-state index is 13.1. The van der Waals surface area contributed by atoms with Crippen LogP contribution in [0, 0.1) is 5.92 Å². The van der Waals surface area contributed by atoms with Crippen LogP contribution in [0.2, 0.25) is 0 Å². The van der Waals surface area contributed by atoms with Crippen molar-refractivity contribution in [2.75, 3.05) is 0 Å². The number of hydrogen-bond acceptors (Lipinski definition) is 6. The molecule has 0 bridgehead atoms. The van der Waals surface area contributed by atoms with Crippen molar-refractivity contribution < 1.29 is 29.4 Å². The van der Waals surface area contributed by atoms with Gasteiger partial charge in [0.05, 0.1) is 12.1 Å². The van der Waals surface area contributed by atoms with Crippen LogP contribution >= 0.6 is 0 Å². The molecular formula is C27H36N4O6. The SMILES string of the molecule is CC(C)C(NC(=O)C(Cc1ccccc1)NC(=O)C(NC(=O)C(N)Cc1ccccc1)C(C)O)C(=O)O. The Hall–Kier alpha value is -3.76. The number of aliphatic hydroxyl groups excluding tert-OH is 1. The first kappa shape index (κ1) is 29.5. The molecule has 0 saturated carbocycles. The molecule has 37 heavy (non-hydrogen) atoms. The van der Waals surface area contributed by atoms with Crippen molar-refractivity contribution in [2.45, 2.75) is 63.9 Å². The van der Waals surface area contributed by atoms with Gasteiger partial charge >= 0.3 is 5.97 Å². The van der Waals surface area contributed by atoms with E-state index in [1.54, 1.807) is 44.2 Å². The summed E-state index contributed by atoms with van der Waals surface area (Å²) in [6.07, 6.45) is -1.00. The van der Waals surface area contributed by atoms with Gasteiger partial charge in [-0.25, -0.2) is 4.79 Å². The smallest absolute Gasteiger partial charge is 0.326 e. The van der Waals surface area contributed by atoms with Gasteiger partial charge in [0.2, 0.25) is 17.7 Å². The summed E-state index contributed by atoms with van der Waals surface area (Å²) in [5.41, 5.74) is 7.57. The molecular weight excluding hydrogens is 476 g/mol. The molecule has 3 amide bonds. The largest absolute Gasteiger partial charge is 0.480 e. The number of carboxylic acids is 1. The highest BCUT2D eigenvalue weighted by atomic mass is 16.4. The highest BCUT2D eigenvalue weighted by Gasteiger charge is 2.33. The minimum atomic E-state index is -1.39. The number of carbonyl (C=O) groups excluding carboxylic acids is 3. The second kappa shape index (κ2) is 14.1. The van der Waals surface area contributed by atoms with Gasteiger partial charge < -0.3 is 31.9 Å². The van der Waals surface area contributed by atoms with Crippen molar-refractivity contribution in [1.82, 2.24) is 16.0 Å². The summed E-state index contributed by atoms with van der Waals surface area (Å²) in [5.74, 6) is -3.74. The monoisotopic (exact) mass is 512 g/mol. The molecule has 10 nitrogen and oxygen atoms in total. The van der Waals surface area contributed by atoms with Crippen molar-refractivity contribution in [3.63, 3.8) is 0 Å². The summed E-state index contributed by atoms with van der Waals surface area (Å²) in [6, 6.07) is 13.3. The molecule has 0 aliphatic carbocycles. The molecule has 2 aromatic carbocycles. The van der Waals surface area contributed by atoms with E-state index in [1.165, 1.54) is 6.92 Å². The lowest BCUT2D eigenvalue weighted by molar-refractivity contribution is -0.143. The standard InChI is InChI=1S/C27H36N4O6/c1-16(2)22(27(36)37)30-25(34)21(15-19-12-8-5-9-13-19)29-26(35)23(17(3)32)31-24(33)20(28)14-18-10-6-4-7-11-18/h4-13,16-17,20-23,32H,14-15,28H2,1-3H3,(H,29,35)(H,30,34)(H,31,33)(H,36,37). The molecule has 5 unspecified atom stereocenters. The highest BCUT2D eigenvalue weighted by molar-refractivity contribution is 5.94. The number of carboxylic acid groups (broad SMARTS) is 1. The average Bonchev–Trinajstić information content (AvgIpc) is 2.85. The molecule has 0 heterocycles. The van der Waals surface area contributed by atoms with E-state index in [0.29, 0.717) is 0 Å². The fourth-order valence-corrected chi connectivity index (χ4v) is 3.71. The third-order valence-electron chi connectivity index (χ3n) is 5.84. The van der Waals surface area contributed by atoms with E-state index < -0.39 is 59.9 Å². The van der Waals surface area contributed by atoms with Crippen LogP contribution in [0.25, 0.3) is 0 Å². The molecule has 0 aliphatic heterocycles. The summed E-state index contributed by atoms with van der Waals surface area (Å²) in [7, 11) is 0.